The highest BCUT2D eigenvalue weighted by Crippen LogP contribution is 2.73. The van der Waals surface area contributed by atoms with Crippen LogP contribution in [-0.4, -0.2) is 0 Å². The minimum atomic E-state index is -3.18. The first-order valence-corrected chi connectivity index (χ1v) is 10.9. The molecule has 2 aromatic rings. The van der Waals surface area contributed by atoms with Crippen LogP contribution in [-0.2, 0) is 9.09 Å². The van der Waals surface area contributed by atoms with Gasteiger partial charge in [-0.15, -0.1) is 0 Å². The number of halogens is 1. The molecule has 2 aromatic carbocycles. The molecule has 0 aliphatic carbocycles. The molecule has 3 rings (SSSR count). The zero-order chi connectivity index (χ0) is 14.7. The lowest BCUT2D eigenvalue weighted by atomic mass is 10.0. The highest BCUT2D eigenvalue weighted by molar-refractivity contribution is 8.63. The van der Waals surface area contributed by atoms with Crippen molar-refractivity contribution in [2.75, 3.05) is 0 Å². The summed E-state index contributed by atoms with van der Waals surface area (Å²) in [6, 6.07) is 20.0. The molecule has 110 valence electrons. The van der Waals surface area contributed by atoms with Crippen LogP contribution in [0.15, 0.2) is 60.7 Å². The van der Waals surface area contributed by atoms with Crippen LogP contribution in [0.3, 0.4) is 0 Å². The van der Waals surface area contributed by atoms with Crippen molar-refractivity contribution in [3.63, 3.8) is 0 Å². The van der Waals surface area contributed by atoms with Crippen LogP contribution in [0.2, 0.25) is 0 Å². The minimum absolute atomic E-state index is 0.114. The summed E-state index contributed by atoms with van der Waals surface area (Å²) >= 11 is 7.42. The van der Waals surface area contributed by atoms with Gasteiger partial charge in [0.1, 0.15) is 0 Å². The van der Waals surface area contributed by atoms with Gasteiger partial charge in [-0.05, 0) is 46.6 Å². The molecule has 1 heterocycles. The third-order valence-corrected chi connectivity index (χ3v) is 7.79. The zero-order valence-corrected chi connectivity index (χ0v) is 13.9. The number of benzene rings is 2. The fourth-order valence-corrected chi connectivity index (χ4v) is 7.14. The number of hydrogen-bond donors (Lipinski definition) is 0. The summed E-state index contributed by atoms with van der Waals surface area (Å²) in [4.78, 5) is 0. The Kier molecular flexibility index (Phi) is 4.75. The third kappa shape index (κ3) is 3.92. The predicted octanol–water partition coefficient (Wildman–Crippen LogP) is 6.36. The summed E-state index contributed by atoms with van der Waals surface area (Å²) in [5.41, 5.74) is 2.19. The molecule has 21 heavy (non-hydrogen) atoms. The average Bonchev–Trinajstić information content (AvgIpc) is 2.67. The Hall–Kier alpha value is -0.730. The molecule has 0 saturated carbocycles. The second-order valence-electron chi connectivity index (χ2n) is 5.02. The molecule has 0 bridgehead atoms. The monoisotopic (exact) mass is 338 g/mol. The molecular weight excluding hydrogens is 323 g/mol. The van der Waals surface area contributed by atoms with E-state index in [0.717, 1.165) is 24.0 Å². The van der Waals surface area contributed by atoms with Gasteiger partial charge in [-0.2, -0.15) is 0 Å². The van der Waals surface area contributed by atoms with Gasteiger partial charge in [0.15, 0.2) is 0 Å². The van der Waals surface area contributed by atoms with Crippen molar-refractivity contribution in [2.45, 2.75) is 24.2 Å². The molecule has 3 atom stereocenters. The molecule has 1 aliphatic heterocycles. The maximum absolute atomic E-state index is 12.5. The first-order chi connectivity index (χ1) is 10.1. The van der Waals surface area contributed by atoms with E-state index in [1.807, 2.05) is 48.5 Å². The van der Waals surface area contributed by atoms with Crippen molar-refractivity contribution >= 4 is 28.5 Å². The summed E-state index contributed by atoms with van der Waals surface area (Å²) in [6.45, 7) is 0. The first-order valence-electron chi connectivity index (χ1n) is 6.90. The normalized spacial score (nSPS) is 29.8. The van der Waals surface area contributed by atoms with E-state index in [9.17, 15) is 4.57 Å². The lowest BCUT2D eigenvalue weighted by molar-refractivity contribution is 0.211. The molecule has 1 aliphatic rings. The van der Waals surface area contributed by atoms with Crippen molar-refractivity contribution in [3.05, 3.63) is 71.8 Å². The second-order valence-corrected chi connectivity index (χ2v) is 10.9. The molecule has 2 nitrogen and oxygen atoms in total. The molecule has 5 heteroatoms. The Morgan fingerprint density at radius 3 is 2.14 bits per heavy atom. The van der Waals surface area contributed by atoms with Crippen molar-refractivity contribution in [2.24, 2.45) is 0 Å². The first kappa shape index (κ1) is 15.2. The average molecular weight is 339 g/mol. The largest absolute Gasteiger partial charge is 0.347 e. The summed E-state index contributed by atoms with van der Waals surface area (Å²) in [7, 11) is 0. The standard InChI is InChI=1S/C16H16ClO2PS/c17-20(18)19-15(13-7-3-1-4-8-13)11-12-16(21-20)14-9-5-2-6-10-14/h1-10,15-16H,11-12H2/t15-,16-,20+/m1/s1. The molecule has 0 N–H and O–H groups in total. The molecule has 0 amide bonds. The Balaban J connectivity index is 1.84. The van der Waals surface area contributed by atoms with Gasteiger partial charge >= 0.3 is 5.92 Å². The molecular formula is C16H16ClO2PS. The van der Waals surface area contributed by atoms with Gasteiger partial charge in [0.2, 0.25) is 0 Å². The lowest BCUT2D eigenvalue weighted by Crippen LogP contribution is -1.99. The minimum Gasteiger partial charge on any atom is -0.302 e. The summed E-state index contributed by atoms with van der Waals surface area (Å²) in [5.74, 6) is -3.18. The van der Waals surface area contributed by atoms with E-state index in [1.165, 1.54) is 11.4 Å². The van der Waals surface area contributed by atoms with Gasteiger partial charge in [-0.3, -0.25) is 4.57 Å². The molecule has 0 unspecified atom stereocenters. The highest BCUT2D eigenvalue weighted by Gasteiger charge is 2.35. The van der Waals surface area contributed by atoms with E-state index in [2.05, 4.69) is 12.1 Å². The van der Waals surface area contributed by atoms with Gasteiger partial charge in [-0.25, -0.2) is 0 Å². The SMILES string of the molecule is O=[P@@]1(Cl)O[C@@H](c2ccccc2)CC[C@H](c2ccccc2)S1. The Morgan fingerprint density at radius 2 is 1.52 bits per heavy atom. The van der Waals surface area contributed by atoms with E-state index < -0.39 is 5.92 Å². The summed E-state index contributed by atoms with van der Waals surface area (Å²) in [5, 5.41) is 0.114. The van der Waals surface area contributed by atoms with Crippen molar-refractivity contribution in [1.29, 1.82) is 0 Å². The quantitative estimate of drug-likeness (QED) is 0.596. The van der Waals surface area contributed by atoms with Gasteiger partial charge in [0.05, 0.1) is 6.10 Å². The van der Waals surface area contributed by atoms with Gasteiger partial charge in [-0.1, -0.05) is 60.7 Å². The van der Waals surface area contributed by atoms with E-state index in [4.69, 9.17) is 15.8 Å². The Morgan fingerprint density at radius 1 is 0.952 bits per heavy atom. The lowest BCUT2D eigenvalue weighted by Gasteiger charge is -2.17. The van der Waals surface area contributed by atoms with Gasteiger partial charge < -0.3 is 4.52 Å². The fraction of sp³-hybridized carbons (Fsp3) is 0.250. The maximum Gasteiger partial charge on any atom is 0.347 e. The predicted molar refractivity (Wildman–Crippen MR) is 89.7 cm³/mol. The molecule has 1 saturated heterocycles. The van der Waals surface area contributed by atoms with Crippen molar-refractivity contribution in [3.8, 4) is 0 Å². The molecule has 0 spiro atoms. The van der Waals surface area contributed by atoms with Crippen LogP contribution in [0, 0.1) is 0 Å². The highest BCUT2D eigenvalue weighted by atomic mass is 35.7. The van der Waals surface area contributed by atoms with Crippen LogP contribution in [0.4, 0.5) is 0 Å². The van der Waals surface area contributed by atoms with Gasteiger partial charge in [0.25, 0.3) is 0 Å². The van der Waals surface area contributed by atoms with E-state index in [-0.39, 0.29) is 11.4 Å². The topological polar surface area (TPSA) is 26.3 Å². The van der Waals surface area contributed by atoms with Crippen molar-refractivity contribution < 1.29 is 9.09 Å². The summed E-state index contributed by atoms with van der Waals surface area (Å²) < 4.78 is 18.2. The van der Waals surface area contributed by atoms with Crippen LogP contribution in [0.25, 0.3) is 0 Å². The molecule has 0 aromatic heterocycles. The van der Waals surface area contributed by atoms with Crippen LogP contribution in [0.1, 0.15) is 35.3 Å². The van der Waals surface area contributed by atoms with E-state index in [1.54, 1.807) is 0 Å². The van der Waals surface area contributed by atoms with Crippen LogP contribution in [0.5, 0.6) is 0 Å². The molecule has 1 fully saturated rings. The Bertz CT molecular complexity index is 582. The molecule has 0 radical (unpaired) electrons. The fourth-order valence-electron chi connectivity index (χ4n) is 2.53. The summed E-state index contributed by atoms with van der Waals surface area (Å²) in [6.07, 6.45) is 1.51. The van der Waals surface area contributed by atoms with Crippen LogP contribution < -0.4 is 0 Å². The van der Waals surface area contributed by atoms with E-state index in [0.29, 0.717) is 0 Å². The van der Waals surface area contributed by atoms with E-state index >= 15 is 0 Å². The van der Waals surface area contributed by atoms with Crippen LogP contribution >= 0.6 is 28.5 Å². The van der Waals surface area contributed by atoms with Gasteiger partial charge in [0, 0.05) is 5.25 Å². The second kappa shape index (κ2) is 6.58. The number of rotatable bonds is 2. The smallest absolute Gasteiger partial charge is 0.302 e. The third-order valence-electron chi connectivity index (χ3n) is 3.54. The maximum atomic E-state index is 12.5. The van der Waals surface area contributed by atoms with Crippen molar-refractivity contribution in [1.82, 2.24) is 0 Å². The Labute approximate surface area is 133 Å². The number of hydrogen-bond acceptors (Lipinski definition) is 3. The zero-order valence-electron chi connectivity index (χ0n) is 11.4.